The van der Waals surface area contributed by atoms with Crippen molar-refractivity contribution in [3.05, 3.63) is 24.0 Å². The number of halogens is 1. The van der Waals surface area contributed by atoms with Gasteiger partial charge in [0, 0.05) is 19.2 Å². The van der Waals surface area contributed by atoms with E-state index in [2.05, 4.69) is 16.4 Å². The highest BCUT2D eigenvalue weighted by Gasteiger charge is 2.07. The van der Waals surface area contributed by atoms with Crippen LogP contribution in [0, 0.1) is 0 Å². The maximum Gasteiger partial charge on any atom is 0.0652 e. The summed E-state index contributed by atoms with van der Waals surface area (Å²) in [6.07, 6.45) is 2.92. The van der Waals surface area contributed by atoms with Crippen LogP contribution in [0.1, 0.15) is 5.69 Å². The SMILES string of the molecule is Cl.c1cnc2c(c1)NCC2. The Bertz CT molecular complexity index is 202. The van der Waals surface area contributed by atoms with Gasteiger partial charge in [0.05, 0.1) is 11.4 Å². The molecule has 0 saturated heterocycles. The Labute approximate surface area is 66.1 Å². The predicted octanol–water partition coefficient (Wildman–Crippen LogP) is 1.47. The Morgan fingerprint density at radius 1 is 1.50 bits per heavy atom. The first kappa shape index (κ1) is 7.35. The summed E-state index contributed by atoms with van der Waals surface area (Å²) in [6, 6.07) is 4.02. The van der Waals surface area contributed by atoms with Crippen LogP contribution < -0.4 is 5.32 Å². The average molecular weight is 157 g/mol. The highest BCUT2D eigenvalue weighted by Crippen LogP contribution is 2.17. The summed E-state index contributed by atoms with van der Waals surface area (Å²) in [5.74, 6) is 0. The molecule has 0 aromatic carbocycles. The molecular formula is C7H9ClN2. The quantitative estimate of drug-likeness (QED) is 0.616. The molecule has 2 nitrogen and oxygen atoms in total. The highest BCUT2D eigenvalue weighted by atomic mass is 35.5. The van der Waals surface area contributed by atoms with Crippen molar-refractivity contribution >= 4 is 18.1 Å². The number of pyridine rings is 1. The average Bonchev–Trinajstić information content (AvgIpc) is 2.33. The maximum absolute atomic E-state index is 4.20. The van der Waals surface area contributed by atoms with Gasteiger partial charge in [-0.05, 0) is 12.1 Å². The van der Waals surface area contributed by atoms with E-state index in [-0.39, 0.29) is 12.4 Å². The number of nitrogens with zero attached hydrogens (tertiary/aromatic N) is 1. The Kier molecular flexibility index (Phi) is 2.12. The minimum absolute atomic E-state index is 0. The zero-order chi connectivity index (χ0) is 6.10. The smallest absolute Gasteiger partial charge is 0.0652 e. The summed E-state index contributed by atoms with van der Waals surface area (Å²) in [6.45, 7) is 1.05. The van der Waals surface area contributed by atoms with Gasteiger partial charge in [-0.15, -0.1) is 12.4 Å². The Balaban J connectivity index is 0.000000500. The van der Waals surface area contributed by atoms with Gasteiger partial charge in [0.1, 0.15) is 0 Å². The molecule has 0 saturated carbocycles. The van der Waals surface area contributed by atoms with Gasteiger partial charge in [-0.1, -0.05) is 0 Å². The topological polar surface area (TPSA) is 24.9 Å². The molecule has 1 N–H and O–H groups in total. The van der Waals surface area contributed by atoms with E-state index >= 15 is 0 Å². The summed E-state index contributed by atoms with van der Waals surface area (Å²) in [7, 11) is 0. The van der Waals surface area contributed by atoms with E-state index < -0.39 is 0 Å². The van der Waals surface area contributed by atoms with Gasteiger partial charge >= 0.3 is 0 Å². The molecule has 0 amide bonds. The Morgan fingerprint density at radius 3 is 3.20 bits per heavy atom. The van der Waals surface area contributed by atoms with Crippen LogP contribution in [-0.4, -0.2) is 11.5 Å². The molecule has 0 aliphatic carbocycles. The molecule has 0 atom stereocenters. The van der Waals surface area contributed by atoms with Crippen LogP contribution in [0.25, 0.3) is 0 Å². The molecule has 0 unspecified atom stereocenters. The third kappa shape index (κ3) is 1.07. The second kappa shape index (κ2) is 2.88. The van der Waals surface area contributed by atoms with Gasteiger partial charge in [0.25, 0.3) is 0 Å². The van der Waals surface area contributed by atoms with E-state index in [0.717, 1.165) is 13.0 Å². The van der Waals surface area contributed by atoms with E-state index in [4.69, 9.17) is 0 Å². The molecule has 1 aromatic heterocycles. The molecule has 0 spiro atoms. The van der Waals surface area contributed by atoms with Gasteiger partial charge in [0.2, 0.25) is 0 Å². The standard InChI is InChI=1S/C7H8N2.ClH/c1-2-6-7(8-4-1)3-5-9-6;/h1-2,4,9H,3,5H2;1H. The first-order chi connectivity index (χ1) is 4.47. The van der Waals surface area contributed by atoms with Crippen molar-refractivity contribution in [1.82, 2.24) is 4.98 Å². The number of hydrogen-bond acceptors (Lipinski definition) is 2. The molecule has 10 heavy (non-hydrogen) atoms. The molecule has 1 aliphatic heterocycles. The number of aromatic nitrogens is 1. The molecule has 2 rings (SSSR count). The maximum atomic E-state index is 4.20. The lowest BCUT2D eigenvalue weighted by molar-refractivity contribution is 1.04. The molecular weight excluding hydrogens is 148 g/mol. The van der Waals surface area contributed by atoms with Gasteiger partial charge < -0.3 is 5.32 Å². The molecule has 3 heteroatoms. The van der Waals surface area contributed by atoms with Crippen LogP contribution in [-0.2, 0) is 6.42 Å². The van der Waals surface area contributed by atoms with Crippen LogP contribution in [0.5, 0.6) is 0 Å². The molecule has 54 valence electrons. The summed E-state index contributed by atoms with van der Waals surface area (Å²) < 4.78 is 0. The van der Waals surface area contributed by atoms with Crippen molar-refractivity contribution in [3.63, 3.8) is 0 Å². The Morgan fingerprint density at radius 2 is 2.40 bits per heavy atom. The van der Waals surface area contributed by atoms with E-state index in [1.165, 1.54) is 11.4 Å². The normalized spacial score (nSPS) is 13.2. The second-order valence-electron chi connectivity index (χ2n) is 2.17. The lowest BCUT2D eigenvalue weighted by atomic mass is 10.3. The van der Waals surface area contributed by atoms with Gasteiger partial charge in [-0.2, -0.15) is 0 Å². The fraction of sp³-hybridized carbons (Fsp3) is 0.286. The zero-order valence-corrected chi connectivity index (χ0v) is 6.32. The second-order valence-corrected chi connectivity index (χ2v) is 2.17. The molecule has 1 aliphatic rings. The largest absolute Gasteiger partial charge is 0.383 e. The molecule has 0 radical (unpaired) electrons. The predicted molar refractivity (Wildman–Crippen MR) is 43.7 cm³/mol. The summed E-state index contributed by atoms with van der Waals surface area (Å²) >= 11 is 0. The third-order valence-corrected chi connectivity index (χ3v) is 1.57. The number of hydrogen-bond donors (Lipinski definition) is 1. The van der Waals surface area contributed by atoms with E-state index in [1.807, 2.05) is 12.3 Å². The first-order valence-electron chi connectivity index (χ1n) is 3.14. The number of nitrogens with one attached hydrogen (secondary N) is 1. The fourth-order valence-electron chi connectivity index (χ4n) is 1.11. The fourth-order valence-corrected chi connectivity index (χ4v) is 1.11. The van der Waals surface area contributed by atoms with E-state index in [9.17, 15) is 0 Å². The molecule has 0 fully saturated rings. The minimum Gasteiger partial charge on any atom is -0.383 e. The number of rotatable bonds is 0. The number of fused-ring (bicyclic) bond motifs is 1. The Hall–Kier alpha value is -0.760. The lowest BCUT2D eigenvalue weighted by Crippen LogP contribution is -1.90. The van der Waals surface area contributed by atoms with Crippen molar-refractivity contribution in [2.45, 2.75) is 6.42 Å². The van der Waals surface area contributed by atoms with Crippen molar-refractivity contribution in [3.8, 4) is 0 Å². The zero-order valence-electron chi connectivity index (χ0n) is 5.50. The summed E-state index contributed by atoms with van der Waals surface area (Å²) in [5, 5.41) is 3.24. The van der Waals surface area contributed by atoms with Crippen molar-refractivity contribution in [2.24, 2.45) is 0 Å². The van der Waals surface area contributed by atoms with Gasteiger partial charge in [0.15, 0.2) is 0 Å². The van der Waals surface area contributed by atoms with E-state index in [1.54, 1.807) is 0 Å². The van der Waals surface area contributed by atoms with Crippen LogP contribution in [0.2, 0.25) is 0 Å². The highest BCUT2D eigenvalue weighted by molar-refractivity contribution is 5.85. The van der Waals surface area contributed by atoms with Crippen LogP contribution >= 0.6 is 12.4 Å². The van der Waals surface area contributed by atoms with Crippen LogP contribution in [0.4, 0.5) is 5.69 Å². The minimum atomic E-state index is 0. The van der Waals surface area contributed by atoms with Crippen molar-refractivity contribution < 1.29 is 0 Å². The third-order valence-electron chi connectivity index (χ3n) is 1.57. The monoisotopic (exact) mass is 156 g/mol. The van der Waals surface area contributed by atoms with Gasteiger partial charge in [-0.3, -0.25) is 4.98 Å². The molecule has 2 heterocycles. The first-order valence-corrected chi connectivity index (χ1v) is 3.14. The van der Waals surface area contributed by atoms with Crippen molar-refractivity contribution in [2.75, 3.05) is 11.9 Å². The molecule has 1 aromatic rings. The van der Waals surface area contributed by atoms with E-state index in [0.29, 0.717) is 0 Å². The van der Waals surface area contributed by atoms with Gasteiger partial charge in [-0.25, -0.2) is 0 Å². The summed E-state index contributed by atoms with van der Waals surface area (Å²) in [5.41, 5.74) is 2.41. The van der Waals surface area contributed by atoms with Crippen molar-refractivity contribution in [1.29, 1.82) is 0 Å². The van der Waals surface area contributed by atoms with Crippen LogP contribution in [0.3, 0.4) is 0 Å². The summed E-state index contributed by atoms with van der Waals surface area (Å²) in [4.78, 5) is 4.20. The molecule has 0 bridgehead atoms. The lowest BCUT2D eigenvalue weighted by Gasteiger charge is -1.93. The number of anilines is 1. The van der Waals surface area contributed by atoms with Crippen LogP contribution in [0.15, 0.2) is 18.3 Å².